The van der Waals surface area contributed by atoms with Gasteiger partial charge in [0, 0.05) is 5.02 Å². The highest BCUT2D eigenvalue weighted by Gasteiger charge is 2.11. The number of para-hydroxylation sites is 2. The van der Waals surface area contributed by atoms with Crippen molar-refractivity contribution in [2.24, 2.45) is 0 Å². The predicted molar refractivity (Wildman–Crippen MR) is 89.7 cm³/mol. The van der Waals surface area contributed by atoms with Crippen LogP contribution in [0.5, 0.6) is 17.2 Å². The highest BCUT2D eigenvalue weighted by Crippen LogP contribution is 2.27. The molecule has 0 N–H and O–H groups in total. The lowest BCUT2D eigenvalue weighted by Crippen LogP contribution is -2.18. The van der Waals surface area contributed by atoms with Crippen molar-refractivity contribution in [3.8, 4) is 17.2 Å². The Balaban J connectivity index is 1.98. The Hall–Kier alpha value is -2.20. The number of ether oxygens (including phenoxy) is 3. The average molecular weight is 335 g/mol. The first-order chi connectivity index (χ1) is 11.0. The van der Waals surface area contributed by atoms with E-state index in [-0.39, 0.29) is 6.61 Å². The van der Waals surface area contributed by atoms with Crippen LogP contribution in [-0.2, 0) is 4.79 Å². The van der Waals surface area contributed by atoms with Crippen molar-refractivity contribution < 1.29 is 19.0 Å². The average Bonchev–Trinajstić information content (AvgIpc) is 2.52. The standard InChI is InChI=1S/C18H19ClO4/c1-4-21-15-7-5-6-8-16(15)23-17(20)11-22-14-9-12(2)18(19)13(3)10-14/h5-10H,4,11H2,1-3H3. The van der Waals surface area contributed by atoms with Gasteiger partial charge >= 0.3 is 5.97 Å². The molecule has 0 aliphatic carbocycles. The van der Waals surface area contributed by atoms with Crippen molar-refractivity contribution in [3.63, 3.8) is 0 Å². The van der Waals surface area contributed by atoms with Gasteiger partial charge in [0.1, 0.15) is 5.75 Å². The van der Waals surface area contributed by atoms with Gasteiger partial charge in [-0.15, -0.1) is 0 Å². The number of benzene rings is 2. The summed E-state index contributed by atoms with van der Waals surface area (Å²) in [5, 5.41) is 0.700. The molecule has 0 fully saturated rings. The van der Waals surface area contributed by atoms with Gasteiger partial charge < -0.3 is 14.2 Å². The molecule has 0 spiro atoms. The third-order valence-corrected chi connectivity index (χ3v) is 3.74. The first-order valence-corrected chi connectivity index (χ1v) is 7.71. The first kappa shape index (κ1) is 17.2. The lowest BCUT2D eigenvalue weighted by molar-refractivity contribution is -0.136. The quantitative estimate of drug-likeness (QED) is 0.582. The minimum Gasteiger partial charge on any atom is -0.490 e. The monoisotopic (exact) mass is 334 g/mol. The van der Waals surface area contributed by atoms with Gasteiger partial charge in [-0.1, -0.05) is 23.7 Å². The fraction of sp³-hybridized carbons (Fsp3) is 0.278. The Morgan fingerprint density at radius 1 is 1.04 bits per heavy atom. The second kappa shape index (κ2) is 7.88. The van der Waals surface area contributed by atoms with E-state index in [0.29, 0.717) is 28.9 Å². The van der Waals surface area contributed by atoms with Crippen molar-refractivity contribution in [3.05, 3.63) is 52.5 Å². The summed E-state index contributed by atoms with van der Waals surface area (Å²) in [5.41, 5.74) is 1.80. The predicted octanol–water partition coefficient (Wildman–Crippen LogP) is 4.34. The number of esters is 1. The second-order valence-electron chi connectivity index (χ2n) is 5.01. The summed E-state index contributed by atoms with van der Waals surface area (Å²) in [5.74, 6) is 0.995. The third kappa shape index (κ3) is 4.63. The maximum Gasteiger partial charge on any atom is 0.349 e. The molecule has 2 aromatic carbocycles. The third-order valence-electron chi connectivity index (χ3n) is 3.14. The van der Waals surface area contributed by atoms with E-state index in [1.165, 1.54) is 0 Å². The fourth-order valence-electron chi connectivity index (χ4n) is 2.09. The van der Waals surface area contributed by atoms with Gasteiger partial charge in [0.15, 0.2) is 18.1 Å². The molecule has 122 valence electrons. The molecule has 0 amide bonds. The van der Waals surface area contributed by atoms with E-state index in [2.05, 4.69) is 0 Å². The lowest BCUT2D eigenvalue weighted by atomic mass is 10.1. The van der Waals surface area contributed by atoms with E-state index in [9.17, 15) is 4.79 Å². The molecule has 0 unspecified atom stereocenters. The molecule has 0 aromatic heterocycles. The molecule has 2 aromatic rings. The molecule has 0 aliphatic heterocycles. The molecule has 5 heteroatoms. The van der Waals surface area contributed by atoms with E-state index < -0.39 is 5.97 Å². The molecule has 0 bridgehead atoms. The minimum absolute atomic E-state index is 0.193. The normalized spacial score (nSPS) is 10.3. The molecule has 0 atom stereocenters. The number of halogens is 1. The smallest absolute Gasteiger partial charge is 0.349 e. The van der Waals surface area contributed by atoms with Crippen LogP contribution in [0.3, 0.4) is 0 Å². The van der Waals surface area contributed by atoms with Crippen LogP contribution in [0.2, 0.25) is 5.02 Å². The molecule has 0 saturated carbocycles. The Kier molecular flexibility index (Phi) is 5.88. The minimum atomic E-state index is -0.498. The van der Waals surface area contributed by atoms with E-state index >= 15 is 0 Å². The van der Waals surface area contributed by atoms with Crippen molar-refractivity contribution in [2.75, 3.05) is 13.2 Å². The summed E-state index contributed by atoms with van der Waals surface area (Å²) in [4.78, 5) is 12.0. The summed E-state index contributed by atoms with van der Waals surface area (Å²) >= 11 is 6.11. The molecular weight excluding hydrogens is 316 g/mol. The van der Waals surface area contributed by atoms with Crippen LogP contribution < -0.4 is 14.2 Å². The molecule has 0 heterocycles. The lowest BCUT2D eigenvalue weighted by Gasteiger charge is -2.12. The van der Waals surface area contributed by atoms with Gasteiger partial charge in [0.25, 0.3) is 0 Å². The molecule has 4 nitrogen and oxygen atoms in total. The van der Waals surface area contributed by atoms with Crippen LogP contribution in [0, 0.1) is 13.8 Å². The molecular formula is C18H19ClO4. The van der Waals surface area contributed by atoms with Gasteiger partial charge in [0.2, 0.25) is 0 Å². The van der Waals surface area contributed by atoms with E-state index in [0.717, 1.165) is 11.1 Å². The highest BCUT2D eigenvalue weighted by molar-refractivity contribution is 6.32. The molecule has 0 aliphatic rings. The Morgan fingerprint density at radius 3 is 2.26 bits per heavy atom. The zero-order valence-corrected chi connectivity index (χ0v) is 14.1. The maximum absolute atomic E-state index is 12.0. The zero-order chi connectivity index (χ0) is 16.8. The molecule has 0 radical (unpaired) electrons. The van der Waals surface area contributed by atoms with Crippen LogP contribution in [0.1, 0.15) is 18.1 Å². The Morgan fingerprint density at radius 2 is 1.65 bits per heavy atom. The highest BCUT2D eigenvalue weighted by atomic mass is 35.5. The summed E-state index contributed by atoms with van der Waals surface area (Å²) < 4.78 is 16.2. The van der Waals surface area contributed by atoms with Crippen molar-refractivity contribution in [1.82, 2.24) is 0 Å². The number of carbonyl (C=O) groups excluding carboxylic acids is 1. The van der Waals surface area contributed by atoms with E-state index in [1.54, 1.807) is 30.3 Å². The summed E-state index contributed by atoms with van der Waals surface area (Å²) in [6.45, 7) is 5.94. The van der Waals surface area contributed by atoms with Gasteiger partial charge in [-0.05, 0) is 56.2 Å². The Bertz CT molecular complexity index is 674. The topological polar surface area (TPSA) is 44.8 Å². The van der Waals surface area contributed by atoms with Crippen molar-refractivity contribution in [1.29, 1.82) is 0 Å². The largest absolute Gasteiger partial charge is 0.490 e. The number of aryl methyl sites for hydroxylation is 2. The van der Waals surface area contributed by atoms with Gasteiger partial charge in [-0.2, -0.15) is 0 Å². The SMILES string of the molecule is CCOc1ccccc1OC(=O)COc1cc(C)c(Cl)c(C)c1. The molecule has 23 heavy (non-hydrogen) atoms. The number of rotatable bonds is 6. The van der Waals surface area contributed by atoms with Crippen LogP contribution in [0.25, 0.3) is 0 Å². The summed E-state index contributed by atoms with van der Waals surface area (Å²) in [7, 11) is 0. The van der Waals surface area contributed by atoms with Crippen LogP contribution in [-0.4, -0.2) is 19.2 Å². The van der Waals surface area contributed by atoms with E-state index in [1.807, 2.05) is 26.8 Å². The van der Waals surface area contributed by atoms with Crippen molar-refractivity contribution in [2.45, 2.75) is 20.8 Å². The molecule has 2 rings (SSSR count). The first-order valence-electron chi connectivity index (χ1n) is 7.33. The second-order valence-corrected chi connectivity index (χ2v) is 5.39. The summed E-state index contributed by atoms with van der Waals surface area (Å²) in [6, 6.07) is 10.6. The summed E-state index contributed by atoms with van der Waals surface area (Å²) in [6.07, 6.45) is 0. The molecule has 0 saturated heterocycles. The van der Waals surface area contributed by atoms with Gasteiger partial charge in [0.05, 0.1) is 6.61 Å². The van der Waals surface area contributed by atoms with Crippen LogP contribution >= 0.6 is 11.6 Å². The fourth-order valence-corrected chi connectivity index (χ4v) is 2.20. The van der Waals surface area contributed by atoms with Crippen molar-refractivity contribution >= 4 is 17.6 Å². The zero-order valence-electron chi connectivity index (χ0n) is 13.4. The Labute approximate surface area is 140 Å². The van der Waals surface area contributed by atoms with Gasteiger partial charge in [-0.25, -0.2) is 4.79 Å². The van der Waals surface area contributed by atoms with E-state index in [4.69, 9.17) is 25.8 Å². The van der Waals surface area contributed by atoms with Crippen LogP contribution in [0.15, 0.2) is 36.4 Å². The van der Waals surface area contributed by atoms with Gasteiger partial charge in [-0.3, -0.25) is 0 Å². The van der Waals surface area contributed by atoms with Crippen LogP contribution in [0.4, 0.5) is 0 Å². The number of hydrogen-bond acceptors (Lipinski definition) is 4. The number of hydrogen-bond donors (Lipinski definition) is 0. The maximum atomic E-state index is 12.0. The number of carbonyl (C=O) groups is 1.